The molecule has 0 spiro atoms. The van der Waals surface area contributed by atoms with Gasteiger partial charge in [0.1, 0.15) is 6.04 Å². The van der Waals surface area contributed by atoms with Crippen molar-refractivity contribution in [1.82, 2.24) is 10.2 Å². The van der Waals surface area contributed by atoms with Crippen molar-refractivity contribution >= 4 is 17.8 Å². The molecule has 134 valence electrons. The number of nitrogens with one attached hydrogen (secondary N) is 1. The minimum Gasteiger partial charge on any atom is -0.480 e. The Balaban J connectivity index is 1.49. The van der Waals surface area contributed by atoms with Gasteiger partial charge in [-0.1, -0.05) is 25.7 Å². The molecule has 3 atom stereocenters. The van der Waals surface area contributed by atoms with E-state index in [4.69, 9.17) is 0 Å². The summed E-state index contributed by atoms with van der Waals surface area (Å²) in [5.74, 6) is -0.411. The molecule has 2 aliphatic carbocycles. The number of rotatable bonds is 5. The van der Waals surface area contributed by atoms with Gasteiger partial charge in [0.15, 0.2) is 0 Å². The first-order chi connectivity index (χ1) is 11.6. The largest absolute Gasteiger partial charge is 0.480 e. The number of carboxylic acid groups (broad SMARTS) is 1. The van der Waals surface area contributed by atoms with Crippen LogP contribution in [-0.2, 0) is 14.4 Å². The summed E-state index contributed by atoms with van der Waals surface area (Å²) in [6.45, 7) is 0.452. The van der Waals surface area contributed by atoms with Crippen LogP contribution < -0.4 is 5.32 Å². The summed E-state index contributed by atoms with van der Waals surface area (Å²) < 4.78 is 0. The number of carbonyl (C=O) groups excluding carboxylic acids is 2. The van der Waals surface area contributed by atoms with Gasteiger partial charge in [0.2, 0.25) is 11.8 Å². The first-order valence-electron chi connectivity index (χ1n) is 9.35. The van der Waals surface area contributed by atoms with E-state index in [2.05, 4.69) is 5.32 Å². The lowest BCUT2D eigenvalue weighted by molar-refractivity contribution is -0.149. The van der Waals surface area contributed by atoms with Crippen LogP contribution in [0.4, 0.5) is 0 Å². The van der Waals surface area contributed by atoms with Crippen LogP contribution in [0.15, 0.2) is 0 Å². The van der Waals surface area contributed by atoms with Gasteiger partial charge in [-0.05, 0) is 43.4 Å². The Morgan fingerprint density at radius 3 is 2.46 bits per heavy atom. The van der Waals surface area contributed by atoms with Crippen molar-refractivity contribution in [3.05, 3.63) is 0 Å². The highest BCUT2D eigenvalue weighted by molar-refractivity contribution is 5.88. The van der Waals surface area contributed by atoms with Crippen LogP contribution in [0.25, 0.3) is 0 Å². The third-order valence-corrected chi connectivity index (χ3v) is 6.10. The van der Waals surface area contributed by atoms with Crippen molar-refractivity contribution in [2.75, 3.05) is 13.1 Å². The highest BCUT2D eigenvalue weighted by Gasteiger charge is 2.49. The number of nitrogens with zero attached hydrogens (tertiary/aromatic N) is 1. The standard InChI is InChI=1S/C18H28N2O4/c21-15(9-12-5-2-1-3-6-12)19-10-16(22)20-11-13-7-4-8-14(13)17(20)18(23)24/h12-14,17H,1-11H2,(H,19,21)(H,23,24). The fraction of sp³-hybridized carbons (Fsp3) is 0.833. The van der Waals surface area contributed by atoms with E-state index in [9.17, 15) is 19.5 Å². The van der Waals surface area contributed by atoms with Gasteiger partial charge in [0, 0.05) is 13.0 Å². The zero-order valence-corrected chi connectivity index (χ0v) is 14.2. The van der Waals surface area contributed by atoms with E-state index in [0.717, 1.165) is 32.1 Å². The van der Waals surface area contributed by atoms with Crippen molar-refractivity contribution in [2.45, 2.75) is 63.8 Å². The molecule has 2 amide bonds. The van der Waals surface area contributed by atoms with Crippen molar-refractivity contribution in [1.29, 1.82) is 0 Å². The number of fused-ring (bicyclic) bond motifs is 1. The Bertz CT molecular complexity index is 501. The normalized spacial score (nSPS) is 30.2. The Morgan fingerprint density at radius 2 is 1.75 bits per heavy atom. The molecule has 3 aliphatic rings. The van der Waals surface area contributed by atoms with E-state index < -0.39 is 12.0 Å². The molecule has 3 fully saturated rings. The molecule has 6 heteroatoms. The number of likely N-dealkylation sites (tertiary alicyclic amines) is 1. The Morgan fingerprint density at radius 1 is 1.00 bits per heavy atom. The molecule has 0 bridgehead atoms. The van der Waals surface area contributed by atoms with E-state index in [1.165, 1.54) is 24.2 Å². The van der Waals surface area contributed by atoms with Crippen LogP contribution >= 0.6 is 0 Å². The van der Waals surface area contributed by atoms with E-state index in [-0.39, 0.29) is 24.3 Å². The molecule has 2 N–H and O–H groups in total. The van der Waals surface area contributed by atoms with Gasteiger partial charge >= 0.3 is 5.97 Å². The van der Waals surface area contributed by atoms with Crippen molar-refractivity contribution in [2.24, 2.45) is 17.8 Å². The number of hydrogen-bond acceptors (Lipinski definition) is 3. The minimum atomic E-state index is -0.911. The summed E-state index contributed by atoms with van der Waals surface area (Å²) in [7, 11) is 0. The van der Waals surface area contributed by atoms with Gasteiger partial charge in [-0.3, -0.25) is 9.59 Å². The third kappa shape index (κ3) is 3.73. The highest BCUT2D eigenvalue weighted by Crippen LogP contribution is 2.42. The average molecular weight is 336 g/mol. The fourth-order valence-corrected chi connectivity index (χ4v) is 4.88. The predicted molar refractivity (Wildman–Crippen MR) is 88.2 cm³/mol. The first kappa shape index (κ1) is 17.2. The van der Waals surface area contributed by atoms with Gasteiger partial charge < -0.3 is 15.3 Å². The zero-order chi connectivity index (χ0) is 17.1. The summed E-state index contributed by atoms with van der Waals surface area (Å²) in [4.78, 5) is 37.5. The molecule has 1 aliphatic heterocycles. The second-order valence-electron chi connectivity index (χ2n) is 7.67. The summed E-state index contributed by atoms with van der Waals surface area (Å²) in [6, 6.07) is -0.708. The number of carboxylic acids is 1. The molecule has 0 aromatic carbocycles. The van der Waals surface area contributed by atoms with Crippen LogP contribution in [0.2, 0.25) is 0 Å². The second-order valence-corrected chi connectivity index (χ2v) is 7.67. The second kappa shape index (κ2) is 7.53. The third-order valence-electron chi connectivity index (χ3n) is 6.10. The van der Waals surface area contributed by atoms with E-state index >= 15 is 0 Å². The lowest BCUT2D eigenvalue weighted by atomic mass is 9.87. The molecule has 6 nitrogen and oxygen atoms in total. The summed E-state index contributed by atoms with van der Waals surface area (Å²) in [5, 5.41) is 12.2. The molecule has 0 aromatic heterocycles. The fourth-order valence-electron chi connectivity index (χ4n) is 4.88. The average Bonchev–Trinajstić information content (AvgIpc) is 3.13. The Kier molecular flexibility index (Phi) is 5.41. The summed E-state index contributed by atoms with van der Waals surface area (Å²) in [5.41, 5.74) is 0. The first-order valence-corrected chi connectivity index (χ1v) is 9.35. The Labute approximate surface area is 143 Å². The monoisotopic (exact) mass is 336 g/mol. The van der Waals surface area contributed by atoms with Crippen LogP contribution in [-0.4, -0.2) is 46.9 Å². The lowest BCUT2D eigenvalue weighted by Crippen LogP contribution is -2.47. The maximum atomic E-state index is 12.4. The van der Waals surface area contributed by atoms with Crippen molar-refractivity contribution in [3.63, 3.8) is 0 Å². The molecule has 1 saturated heterocycles. The molecule has 0 radical (unpaired) electrons. The zero-order valence-electron chi connectivity index (χ0n) is 14.2. The van der Waals surface area contributed by atoms with Gasteiger partial charge in [-0.25, -0.2) is 4.79 Å². The number of aliphatic carboxylic acids is 1. The molecular formula is C18H28N2O4. The predicted octanol–water partition coefficient (Wildman–Crippen LogP) is 1.78. The lowest BCUT2D eigenvalue weighted by Gasteiger charge is -2.25. The quantitative estimate of drug-likeness (QED) is 0.801. The number of carbonyl (C=O) groups is 3. The molecule has 0 aromatic rings. The maximum absolute atomic E-state index is 12.4. The maximum Gasteiger partial charge on any atom is 0.326 e. The SMILES string of the molecule is O=C(CC1CCCCC1)NCC(=O)N1CC2CCCC2C1C(=O)O. The molecular weight excluding hydrogens is 308 g/mol. The smallest absolute Gasteiger partial charge is 0.326 e. The van der Waals surface area contributed by atoms with Crippen molar-refractivity contribution in [3.8, 4) is 0 Å². The highest BCUT2D eigenvalue weighted by atomic mass is 16.4. The van der Waals surface area contributed by atoms with E-state index in [0.29, 0.717) is 24.8 Å². The van der Waals surface area contributed by atoms with Crippen LogP contribution in [0.3, 0.4) is 0 Å². The van der Waals surface area contributed by atoms with Gasteiger partial charge in [0.25, 0.3) is 0 Å². The van der Waals surface area contributed by atoms with E-state index in [1.54, 1.807) is 0 Å². The minimum absolute atomic E-state index is 0.0746. The summed E-state index contributed by atoms with van der Waals surface area (Å²) in [6.07, 6.45) is 9.26. The molecule has 1 heterocycles. The van der Waals surface area contributed by atoms with E-state index in [1.807, 2.05) is 0 Å². The van der Waals surface area contributed by atoms with Crippen LogP contribution in [0, 0.1) is 17.8 Å². The van der Waals surface area contributed by atoms with Gasteiger partial charge in [-0.2, -0.15) is 0 Å². The molecule has 2 saturated carbocycles. The number of amides is 2. The molecule has 3 unspecified atom stereocenters. The van der Waals surface area contributed by atoms with Crippen LogP contribution in [0.5, 0.6) is 0 Å². The van der Waals surface area contributed by atoms with Crippen LogP contribution in [0.1, 0.15) is 57.8 Å². The van der Waals surface area contributed by atoms with Gasteiger partial charge in [-0.15, -0.1) is 0 Å². The topological polar surface area (TPSA) is 86.7 Å². The number of hydrogen-bond donors (Lipinski definition) is 2. The Hall–Kier alpha value is -1.59. The van der Waals surface area contributed by atoms with Gasteiger partial charge in [0.05, 0.1) is 6.54 Å². The molecule has 24 heavy (non-hydrogen) atoms. The molecule has 3 rings (SSSR count). The van der Waals surface area contributed by atoms with Crippen molar-refractivity contribution < 1.29 is 19.5 Å². The summed E-state index contributed by atoms with van der Waals surface area (Å²) >= 11 is 0.